The van der Waals surface area contributed by atoms with E-state index in [1.807, 2.05) is 12.1 Å². The zero-order valence-corrected chi connectivity index (χ0v) is 7.59. The minimum atomic E-state index is -0.0832. The fraction of sp³-hybridized carbons (Fsp3) is 0.455. The molecular weight excluding hydrogens is 165 g/mol. The topological polar surface area (TPSA) is 12.0 Å². The highest BCUT2D eigenvalue weighted by Gasteiger charge is 2.19. The standard InChI is InChI=1S/C11H14FN/c12-11-4-2-1-3-9(11)7-8-13-10-5-6-10/h1-4,10,13H,5-8H2. The summed E-state index contributed by atoms with van der Waals surface area (Å²) < 4.78 is 13.1. The molecule has 0 saturated heterocycles. The van der Waals surface area contributed by atoms with Gasteiger partial charge in [-0.2, -0.15) is 0 Å². The van der Waals surface area contributed by atoms with E-state index in [0.717, 1.165) is 18.5 Å². The molecular formula is C11H14FN. The van der Waals surface area contributed by atoms with E-state index in [2.05, 4.69) is 5.32 Å². The van der Waals surface area contributed by atoms with Crippen molar-refractivity contribution in [2.75, 3.05) is 6.54 Å². The Hall–Kier alpha value is -0.890. The smallest absolute Gasteiger partial charge is 0.126 e. The van der Waals surface area contributed by atoms with Gasteiger partial charge in [-0.3, -0.25) is 0 Å². The van der Waals surface area contributed by atoms with Gasteiger partial charge >= 0.3 is 0 Å². The second kappa shape index (κ2) is 3.88. The van der Waals surface area contributed by atoms with Gasteiger partial charge in [-0.05, 0) is 37.4 Å². The maximum atomic E-state index is 13.1. The van der Waals surface area contributed by atoms with Gasteiger partial charge < -0.3 is 5.32 Å². The van der Waals surface area contributed by atoms with Gasteiger partial charge in [0.1, 0.15) is 5.82 Å². The summed E-state index contributed by atoms with van der Waals surface area (Å²) in [7, 11) is 0. The molecule has 0 spiro atoms. The fourth-order valence-electron chi connectivity index (χ4n) is 1.40. The molecule has 1 N–H and O–H groups in total. The summed E-state index contributed by atoms with van der Waals surface area (Å²) in [5.74, 6) is -0.0832. The summed E-state index contributed by atoms with van der Waals surface area (Å²) in [6.07, 6.45) is 3.37. The summed E-state index contributed by atoms with van der Waals surface area (Å²) in [5, 5.41) is 3.37. The third kappa shape index (κ3) is 2.52. The zero-order chi connectivity index (χ0) is 9.10. The van der Waals surface area contributed by atoms with Gasteiger partial charge in [0.2, 0.25) is 0 Å². The first-order valence-electron chi connectivity index (χ1n) is 4.83. The molecule has 2 rings (SSSR count). The normalized spacial score (nSPS) is 16.1. The largest absolute Gasteiger partial charge is 0.314 e. The molecule has 1 nitrogen and oxygen atoms in total. The number of hydrogen-bond acceptors (Lipinski definition) is 1. The molecule has 1 saturated carbocycles. The maximum absolute atomic E-state index is 13.1. The Morgan fingerprint density at radius 3 is 2.77 bits per heavy atom. The highest BCUT2D eigenvalue weighted by Crippen LogP contribution is 2.18. The maximum Gasteiger partial charge on any atom is 0.126 e. The summed E-state index contributed by atoms with van der Waals surface area (Å²) in [6.45, 7) is 0.894. The molecule has 0 aliphatic heterocycles. The molecule has 0 radical (unpaired) electrons. The molecule has 13 heavy (non-hydrogen) atoms. The summed E-state index contributed by atoms with van der Waals surface area (Å²) >= 11 is 0. The summed E-state index contributed by atoms with van der Waals surface area (Å²) in [4.78, 5) is 0. The molecule has 0 heterocycles. The molecule has 0 aromatic heterocycles. The second-order valence-electron chi connectivity index (χ2n) is 3.57. The average Bonchev–Trinajstić information content (AvgIpc) is 2.92. The predicted octanol–water partition coefficient (Wildman–Crippen LogP) is 2.12. The minimum absolute atomic E-state index is 0.0832. The first-order valence-corrected chi connectivity index (χ1v) is 4.83. The van der Waals surface area contributed by atoms with Crippen LogP contribution in [0.4, 0.5) is 4.39 Å². The van der Waals surface area contributed by atoms with Gasteiger partial charge in [0.25, 0.3) is 0 Å². The molecule has 70 valence electrons. The van der Waals surface area contributed by atoms with Crippen molar-refractivity contribution in [2.24, 2.45) is 0 Å². The molecule has 0 unspecified atom stereocenters. The van der Waals surface area contributed by atoms with E-state index in [4.69, 9.17) is 0 Å². The number of halogens is 1. The third-order valence-corrected chi connectivity index (χ3v) is 2.36. The highest BCUT2D eigenvalue weighted by atomic mass is 19.1. The lowest BCUT2D eigenvalue weighted by Gasteiger charge is -2.03. The third-order valence-electron chi connectivity index (χ3n) is 2.36. The van der Waals surface area contributed by atoms with Gasteiger partial charge in [-0.1, -0.05) is 18.2 Å². The van der Waals surface area contributed by atoms with Crippen molar-refractivity contribution in [1.82, 2.24) is 5.32 Å². The molecule has 1 fully saturated rings. The predicted molar refractivity (Wildman–Crippen MR) is 51.1 cm³/mol. The number of hydrogen-bond donors (Lipinski definition) is 1. The Kier molecular flexibility index (Phi) is 2.60. The molecule has 1 aromatic rings. The van der Waals surface area contributed by atoms with Crippen molar-refractivity contribution < 1.29 is 4.39 Å². The van der Waals surface area contributed by atoms with Crippen LogP contribution in [0, 0.1) is 5.82 Å². The molecule has 1 aliphatic rings. The van der Waals surface area contributed by atoms with Crippen LogP contribution in [0.25, 0.3) is 0 Å². The van der Waals surface area contributed by atoms with Crippen LogP contribution in [0.5, 0.6) is 0 Å². The highest BCUT2D eigenvalue weighted by molar-refractivity contribution is 5.17. The molecule has 2 heteroatoms. The quantitative estimate of drug-likeness (QED) is 0.746. The van der Waals surface area contributed by atoms with E-state index in [1.165, 1.54) is 18.9 Å². The van der Waals surface area contributed by atoms with Crippen molar-refractivity contribution in [3.8, 4) is 0 Å². The van der Waals surface area contributed by atoms with E-state index in [1.54, 1.807) is 6.07 Å². The van der Waals surface area contributed by atoms with E-state index >= 15 is 0 Å². The van der Waals surface area contributed by atoms with Crippen LogP contribution in [0.15, 0.2) is 24.3 Å². The molecule has 1 aliphatic carbocycles. The van der Waals surface area contributed by atoms with Crippen molar-refractivity contribution in [3.63, 3.8) is 0 Å². The van der Waals surface area contributed by atoms with Crippen molar-refractivity contribution in [3.05, 3.63) is 35.6 Å². The summed E-state index contributed by atoms with van der Waals surface area (Å²) in [6, 6.07) is 7.70. The van der Waals surface area contributed by atoms with E-state index in [0.29, 0.717) is 6.04 Å². The van der Waals surface area contributed by atoms with Gasteiger partial charge in [-0.25, -0.2) is 4.39 Å². The van der Waals surface area contributed by atoms with E-state index < -0.39 is 0 Å². The Balaban J connectivity index is 1.82. The van der Waals surface area contributed by atoms with Gasteiger partial charge in [0.15, 0.2) is 0 Å². The van der Waals surface area contributed by atoms with Crippen LogP contribution in [0.3, 0.4) is 0 Å². The SMILES string of the molecule is Fc1ccccc1CCNC1CC1. The van der Waals surface area contributed by atoms with E-state index in [9.17, 15) is 4.39 Å². The second-order valence-corrected chi connectivity index (χ2v) is 3.57. The molecule has 0 atom stereocenters. The molecule has 0 amide bonds. The van der Waals surface area contributed by atoms with Crippen LogP contribution in [0.1, 0.15) is 18.4 Å². The Bertz CT molecular complexity index is 281. The Morgan fingerprint density at radius 1 is 1.31 bits per heavy atom. The lowest BCUT2D eigenvalue weighted by molar-refractivity contribution is 0.597. The minimum Gasteiger partial charge on any atom is -0.314 e. The van der Waals surface area contributed by atoms with Crippen LogP contribution in [-0.4, -0.2) is 12.6 Å². The van der Waals surface area contributed by atoms with Crippen LogP contribution in [0.2, 0.25) is 0 Å². The van der Waals surface area contributed by atoms with Gasteiger partial charge in [-0.15, -0.1) is 0 Å². The van der Waals surface area contributed by atoms with Crippen molar-refractivity contribution in [1.29, 1.82) is 0 Å². The molecule has 1 aromatic carbocycles. The van der Waals surface area contributed by atoms with Crippen molar-refractivity contribution >= 4 is 0 Å². The molecule has 0 bridgehead atoms. The average molecular weight is 179 g/mol. The van der Waals surface area contributed by atoms with Crippen molar-refractivity contribution in [2.45, 2.75) is 25.3 Å². The first kappa shape index (κ1) is 8.70. The van der Waals surface area contributed by atoms with Gasteiger partial charge in [0.05, 0.1) is 0 Å². The van der Waals surface area contributed by atoms with Gasteiger partial charge in [0, 0.05) is 6.04 Å². The Morgan fingerprint density at radius 2 is 2.08 bits per heavy atom. The fourth-order valence-corrected chi connectivity index (χ4v) is 1.40. The number of nitrogens with one attached hydrogen (secondary N) is 1. The lowest BCUT2D eigenvalue weighted by atomic mass is 10.1. The van der Waals surface area contributed by atoms with Crippen LogP contribution in [-0.2, 0) is 6.42 Å². The Labute approximate surface area is 78.0 Å². The monoisotopic (exact) mass is 179 g/mol. The number of benzene rings is 1. The van der Waals surface area contributed by atoms with Crippen LogP contribution >= 0.6 is 0 Å². The lowest BCUT2D eigenvalue weighted by Crippen LogP contribution is -2.19. The zero-order valence-electron chi connectivity index (χ0n) is 7.59. The van der Waals surface area contributed by atoms with E-state index in [-0.39, 0.29) is 5.82 Å². The first-order chi connectivity index (χ1) is 6.36. The summed E-state index contributed by atoms with van der Waals surface area (Å²) in [5.41, 5.74) is 0.815. The van der Waals surface area contributed by atoms with Crippen LogP contribution < -0.4 is 5.32 Å². The number of rotatable bonds is 4.